The third-order valence-electron chi connectivity index (χ3n) is 4.08. The molecule has 20 heavy (non-hydrogen) atoms. The first-order valence-electron chi connectivity index (χ1n) is 7.47. The maximum Gasteiger partial charge on any atom is 0.248 e. The van der Waals surface area contributed by atoms with Gasteiger partial charge in [-0.1, -0.05) is 12.8 Å². The zero-order valence-corrected chi connectivity index (χ0v) is 12.3. The van der Waals surface area contributed by atoms with Crippen LogP contribution in [-0.2, 0) is 14.3 Å². The highest BCUT2D eigenvalue weighted by Gasteiger charge is 2.23. The number of ether oxygens (including phenoxy) is 1. The topological polar surface area (TPSA) is 61.9 Å². The Kier molecular flexibility index (Phi) is 5.79. The molecule has 0 unspecified atom stereocenters. The van der Waals surface area contributed by atoms with Crippen molar-refractivity contribution >= 4 is 11.8 Å². The Balaban J connectivity index is 1.65. The van der Waals surface area contributed by atoms with Crippen molar-refractivity contribution in [3.63, 3.8) is 0 Å². The molecule has 1 N–H and O–H groups in total. The van der Waals surface area contributed by atoms with Gasteiger partial charge in [0.1, 0.15) is 6.61 Å². The van der Waals surface area contributed by atoms with Gasteiger partial charge in [-0.2, -0.15) is 0 Å². The summed E-state index contributed by atoms with van der Waals surface area (Å²) in [6, 6.07) is 0.382. The first kappa shape index (κ1) is 15.3. The summed E-state index contributed by atoms with van der Waals surface area (Å²) in [5.41, 5.74) is 0. The molecule has 2 fully saturated rings. The Morgan fingerprint density at radius 2 is 1.80 bits per heavy atom. The van der Waals surface area contributed by atoms with Gasteiger partial charge in [0, 0.05) is 39.3 Å². The molecule has 6 nitrogen and oxygen atoms in total. The minimum absolute atomic E-state index is 0.0301. The van der Waals surface area contributed by atoms with Crippen molar-refractivity contribution in [3.8, 4) is 0 Å². The summed E-state index contributed by atoms with van der Waals surface area (Å²) in [4.78, 5) is 27.5. The second-order valence-electron chi connectivity index (χ2n) is 5.64. The zero-order valence-electron chi connectivity index (χ0n) is 12.3. The first-order chi connectivity index (χ1) is 9.69. The van der Waals surface area contributed by atoms with Gasteiger partial charge in [0.2, 0.25) is 11.8 Å². The number of carbonyl (C=O) groups excluding carboxylic acids is 2. The normalized spacial score (nSPS) is 21.1. The smallest absolute Gasteiger partial charge is 0.248 e. The highest BCUT2D eigenvalue weighted by atomic mass is 16.5. The second kappa shape index (κ2) is 7.59. The minimum atomic E-state index is 0.0301. The SMILES string of the molecule is COCC(=O)N1CCN(CC(=O)NC2CCCC2)CC1. The van der Waals surface area contributed by atoms with E-state index in [2.05, 4.69) is 10.2 Å². The number of amides is 2. The summed E-state index contributed by atoms with van der Waals surface area (Å²) in [5, 5.41) is 3.10. The predicted molar refractivity (Wildman–Crippen MR) is 75.3 cm³/mol. The molecule has 114 valence electrons. The first-order valence-corrected chi connectivity index (χ1v) is 7.47. The van der Waals surface area contributed by atoms with E-state index in [1.54, 1.807) is 4.90 Å². The number of nitrogens with one attached hydrogen (secondary N) is 1. The fourth-order valence-corrected chi connectivity index (χ4v) is 2.92. The van der Waals surface area contributed by atoms with E-state index >= 15 is 0 Å². The van der Waals surface area contributed by atoms with Crippen LogP contribution in [0.25, 0.3) is 0 Å². The lowest BCUT2D eigenvalue weighted by Crippen LogP contribution is -2.52. The maximum absolute atomic E-state index is 11.9. The lowest BCUT2D eigenvalue weighted by Gasteiger charge is -2.34. The Bertz CT molecular complexity index is 335. The molecule has 0 radical (unpaired) electrons. The van der Waals surface area contributed by atoms with E-state index in [0.29, 0.717) is 25.7 Å². The van der Waals surface area contributed by atoms with Gasteiger partial charge in [-0.05, 0) is 12.8 Å². The fourth-order valence-electron chi connectivity index (χ4n) is 2.92. The van der Waals surface area contributed by atoms with Crippen LogP contribution in [0.3, 0.4) is 0 Å². The van der Waals surface area contributed by atoms with Crippen molar-refractivity contribution in [1.82, 2.24) is 15.1 Å². The number of carbonyl (C=O) groups is 2. The van der Waals surface area contributed by atoms with Crippen LogP contribution in [0.2, 0.25) is 0 Å². The van der Waals surface area contributed by atoms with Crippen LogP contribution >= 0.6 is 0 Å². The monoisotopic (exact) mass is 283 g/mol. The molecule has 1 saturated heterocycles. The van der Waals surface area contributed by atoms with Crippen molar-refractivity contribution in [2.75, 3.05) is 46.4 Å². The van der Waals surface area contributed by atoms with Crippen LogP contribution in [0.15, 0.2) is 0 Å². The summed E-state index contributed by atoms with van der Waals surface area (Å²) in [6.07, 6.45) is 4.69. The average Bonchev–Trinajstić information content (AvgIpc) is 2.92. The number of nitrogens with zero attached hydrogens (tertiary/aromatic N) is 2. The molecule has 0 aromatic rings. The van der Waals surface area contributed by atoms with Crippen LogP contribution in [0.4, 0.5) is 0 Å². The largest absolute Gasteiger partial charge is 0.375 e. The van der Waals surface area contributed by atoms with E-state index in [1.165, 1.54) is 20.0 Å². The lowest BCUT2D eigenvalue weighted by molar-refractivity contribution is -0.137. The van der Waals surface area contributed by atoms with Gasteiger partial charge in [0.05, 0.1) is 6.54 Å². The number of methoxy groups -OCH3 is 1. The van der Waals surface area contributed by atoms with Crippen molar-refractivity contribution in [2.24, 2.45) is 0 Å². The molecule has 1 aliphatic carbocycles. The molecule has 1 aliphatic heterocycles. The van der Waals surface area contributed by atoms with E-state index in [9.17, 15) is 9.59 Å². The maximum atomic E-state index is 11.9. The Labute approximate surface area is 120 Å². The molecule has 0 bridgehead atoms. The number of hydrogen-bond acceptors (Lipinski definition) is 4. The fraction of sp³-hybridized carbons (Fsp3) is 0.857. The predicted octanol–water partition coefficient (Wildman–Crippen LogP) is -0.164. The Morgan fingerprint density at radius 3 is 2.40 bits per heavy atom. The van der Waals surface area contributed by atoms with Gasteiger partial charge in [0.25, 0.3) is 0 Å². The molecule has 2 amide bonds. The van der Waals surface area contributed by atoms with E-state index in [0.717, 1.165) is 25.9 Å². The highest BCUT2D eigenvalue weighted by molar-refractivity contribution is 5.79. The zero-order chi connectivity index (χ0) is 14.4. The molecular weight excluding hydrogens is 258 g/mol. The van der Waals surface area contributed by atoms with Gasteiger partial charge >= 0.3 is 0 Å². The van der Waals surface area contributed by atoms with Gasteiger partial charge < -0.3 is 15.0 Å². The van der Waals surface area contributed by atoms with Crippen LogP contribution in [0.5, 0.6) is 0 Å². The Hall–Kier alpha value is -1.14. The van der Waals surface area contributed by atoms with Crippen molar-refractivity contribution in [1.29, 1.82) is 0 Å². The van der Waals surface area contributed by atoms with Crippen molar-refractivity contribution in [3.05, 3.63) is 0 Å². The molecule has 0 aromatic carbocycles. The standard InChI is InChI=1S/C14H25N3O3/c1-20-11-14(19)17-8-6-16(7-9-17)10-13(18)15-12-4-2-3-5-12/h12H,2-11H2,1H3,(H,15,18). The van der Waals surface area contributed by atoms with Gasteiger partial charge in [-0.25, -0.2) is 0 Å². The molecular formula is C14H25N3O3. The number of hydrogen-bond donors (Lipinski definition) is 1. The summed E-state index contributed by atoms with van der Waals surface area (Å²) in [7, 11) is 1.53. The lowest BCUT2D eigenvalue weighted by atomic mass is 10.2. The van der Waals surface area contributed by atoms with E-state index in [1.807, 2.05) is 0 Å². The van der Waals surface area contributed by atoms with Gasteiger partial charge in [0.15, 0.2) is 0 Å². The van der Waals surface area contributed by atoms with E-state index < -0.39 is 0 Å². The van der Waals surface area contributed by atoms with Crippen molar-refractivity contribution in [2.45, 2.75) is 31.7 Å². The van der Waals surface area contributed by atoms with E-state index in [-0.39, 0.29) is 18.4 Å². The number of piperazine rings is 1. The molecule has 1 heterocycles. The van der Waals surface area contributed by atoms with Crippen LogP contribution < -0.4 is 5.32 Å². The third-order valence-corrected chi connectivity index (χ3v) is 4.08. The summed E-state index contributed by atoms with van der Waals surface area (Å²) >= 11 is 0. The molecule has 6 heteroatoms. The molecule has 0 spiro atoms. The second-order valence-corrected chi connectivity index (χ2v) is 5.64. The van der Waals surface area contributed by atoms with Crippen LogP contribution in [0.1, 0.15) is 25.7 Å². The summed E-state index contributed by atoms with van der Waals surface area (Å²) in [6.45, 7) is 3.46. The Morgan fingerprint density at radius 1 is 1.15 bits per heavy atom. The molecule has 2 rings (SSSR count). The highest BCUT2D eigenvalue weighted by Crippen LogP contribution is 2.17. The average molecular weight is 283 g/mol. The quantitative estimate of drug-likeness (QED) is 0.761. The molecule has 0 aromatic heterocycles. The molecule has 2 aliphatic rings. The van der Waals surface area contributed by atoms with E-state index in [4.69, 9.17) is 4.74 Å². The molecule has 1 saturated carbocycles. The van der Waals surface area contributed by atoms with Gasteiger partial charge in [-0.15, -0.1) is 0 Å². The molecule has 0 atom stereocenters. The number of rotatable bonds is 5. The minimum Gasteiger partial charge on any atom is -0.375 e. The van der Waals surface area contributed by atoms with Crippen molar-refractivity contribution < 1.29 is 14.3 Å². The van der Waals surface area contributed by atoms with Gasteiger partial charge in [-0.3, -0.25) is 14.5 Å². The third kappa shape index (κ3) is 4.45. The van der Waals surface area contributed by atoms with Crippen LogP contribution in [0, 0.1) is 0 Å². The summed E-state index contributed by atoms with van der Waals surface area (Å²) < 4.78 is 4.85. The summed E-state index contributed by atoms with van der Waals surface area (Å²) in [5.74, 6) is 0.149. The van der Waals surface area contributed by atoms with Crippen LogP contribution in [-0.4, -0.2) is 74.1 Å².